The third kappa shape index (κ3) is 4.28. The van der Waals surface area contributed by atoms with Crippen LogP contribution in [0.2, 0.25) is 0 Å². The summed E-state index contributed by atoms with van der Waals surface area (Å²) in [6, 6.07) is 11.7. The molecule has 0 N–H and O–H groups in total. The first-order valence-electron chi connectivity index (χ1n) is 6.82. The molecular formula is C17H20N2O. The average molecular weight is 268 g/mol. The molecule has 0 fully saturated rings. The second-order valence-electron chi connectivity index (χ2n) is 5.14. The Balaban J connectivity index is 1.82. The number of benzene rings is 1. The van der Waals surface area contributed by atoms with E-state index in [1.165, 1.54) is 5.56 Å². The van der Waals surface area contributed by atoms with E-state index in [-0.39, 0.29) is 5.78 Å². The predicted molar refractivity (Wildman–Crippen MR) is 80.7 cm³/mol. The van der Waals surface area contributed by atoms with E-state index in [9.17, 15) is 4.79 Å². The van der Waals surface area contributed by atoms with Crippen LogP contribution in [-0.4, -0.2) is 29.3 Å². The Hall–Kier alpha value is -2.00. The second-order valence-corrected chi connectivity index (χ2v) is 5.14. The second kappa shape index (κ2) is 6.96. The molecule has 2 aromatic rings. The third-order valence-electron chi connectivity index (χ3n) is 3.27. The summed E-state index contributed by atoms with van der Waals surface area (Å²) in [5.41, 5.74) is 3.14. The number of aryl methyl sites for hydroxylation is 1. The first-order chi connectivity index (χ1) is 9.65. The van der Waals surface area contributed by atoms with Gasteiger partial charge >= 0.3 is 0 Å². The maximum Gasteiger partial charge on any atom is 0.164 e. The zero-order chi connectivity index (χ0) is 14.4. The summed E-state index contributed by atoms with van der Waals surface area (Å²) in [7, 11) is 2.02. The van der Waals surface area contributed by atoms with Crippen molar-refractivity contribution in [3.05, 3.63) is 65.5 Å². The van der Waals surface area contributed by atoms with Crippen molar-refractivity contribution in [2.24, 2.45) is 0 Å². The van der Waals surface area contributed by atoms with Crippen LogP contribution in [-0.2, 0) is 6.54 Å². The van der Waals surface area contributed by atoms with Crippen LogP contribution in [0, 0.1) is 6.92 Å². The number of aromatic nitrogens is 1. The van der Waals surface area contributed by atoms with Crippen LogP contribution in [0.3, 0.4) is 0 Å². The highest BCUT2D eigenvalue weighted by molar-refractivity contribution is 5.96. The minimum Gasteiger partial charge on any atom is -0.302 e. The summed E-state index contributed by atoms with van der Waals surface area (Å²) >= 11 is 0. The zero-order valence-corrected chi connectivity index (χ0v) is 12.0. The molecule has 0 amide bonds. The van der Waals surface area contributed by atoms with Gasteiger partial charge in [0.2, 0.25) is 0 Å². The molecule has 0 spiro atoms. The molecule has 0 atom stereocenters. The molecule has 1 aromatic heterocycles. The van der Waals surface area contributed by atoms with E-state index in [1.54, 1.807) is 6.20 Å². The number of carbonyl (C=O) groups excluding carboxylic acids is 1. The van der Waals surface area contributed by atoms with Gasteiger partial charge in [-0.3, -0.25) is 9.78 Å². The number of nitrogens with zero attached hydrogens (tertiary/aromatic N) is 2. The van der Waals surface area contributed by atoms with Crippen LogP contribution in [0.4, 0.5) is 0 Å². The highest BCUT2D eigenvalue weighted by atomic mass is 16.1. The van der Waals surface area contributed by atoms with E-state index in [2.05, 4.69) is 9.88 Å². The number of hydrogen-bond acceptors (Lipinski definition) is 3. The van der Waals surface area contributed by atoms with Crippen molar-refractivity contribution in [1.82, 2.24) is 9.88 Å². The van der Waals surface area contributed by atoms with Gasteiger partial charge in [-0.1, -0.05) is 35.9 Å². The summed E-state index contributed by atoms with van der Waals surface area (Å²) in [6.07, 6.45) is 4.17. The van der Waals surface area contributed by atoms with Crippen LogP contribution in [0.5, 0.6) is 0 Å². The Bertz CT molecular complexity index is 549. The maximum absolute atomic E-state index is 12.1. The minimum atomic E-state index is 0.197. The Morgan fingerprint density at radius 1 is 1.20 bits per heavy atom. The van der Waals surface area contributed by atoms with Crippen LogP contribution >= 0.6 is 0 Å². The SMILES string of the molecule is Cc1ccc(C(=O)CCN(C)Cc2cccnc2)cc1. The molecule has 0 bridgehead atoms. The lowest BCUT2D eigenvalue weighted by Gasteiger charge is -2.15. The molecule has 0 aliphatic carbocycles. The van der Waals surface area contributed by atoms with E-state index in [0.29, 0.717) is 6.42 Å². The molecule has 3 nitrogen and oxygen atoms in total. The van der Waals surface area contributed by atoms with Gasteiger partial charge in [-0.2, -0.15) is 0 Å². The fraction of sp³-hybridized carbons (Fsp3) is 0.294. The Kier molecular flexibility index (Phi) is 5.02. The van der Waals surface area contributed by atoms with Crippen molar-refractivity contribution in [2.45, 2.75) is 19.9 Å². The standard InChI is InChI=1S/C17H20N2O/c1-14-5-7-16(8-6-14)17(20)9-11-19(2)13-15-4-3-10-18-12-15/h3-8,10,12H,9,11,13H2,1-2H3. The van der Waals surface area contributed by atoms with Gasteiger partial charge in [0.1, 0.15) is 0 Å². The highest BCUT2D eigenvalue weighted by Crippen LogP contribution is 2.07. The molecule has 0 unspecified atom stereocenters. The highest BCUT2D eigenvalue weighted by Gasteiger charge is 2.07. The van der Waals surface area contributed by atoms with Crippen molar-refractivity contribution in [2.75, 3.05) is 13.6 Å². The van der Waals surface area contributed by atoms with Crippen LogP contribution < -0.4 is 0 Å². The molecule has 20 heavy (non-hydrogen) atoms. The van der Waals surface area contributed by atoms with Crippen LogP contribution in [0.15, 0.2) is 48.8 Å². The molecule has 104 valence electrons. The molecule has 0 saturated carbocycles. The molecule has 0 saturated heterocycles. The topological polar surface area (TPSA) is 33.2 Å². The fourth-order valence-electron chi connectivity index (χ4n) is 2.06. The lowest BCUT2D eigenvalue weighted by molar-refractivity contribution is 0.0968. The average Bonchev–Trinajstić information content (AvgIpc) is 2.46. The molecule has 0 radical (unpaired) electrons. The summed E-state index contributed by atoms with van der Waals surface area (Å²) in [5.74, 6) is 0.197. The maximum atomic E-state index is 12.1. The molecule has 3 heteroatoms. The number of pyridine rings is 1. The van der Waals surface area contributed by atoms with Gasteiger partial charge in [-0.15, -0.1) is 0 Å². The molecule has 2 rings (SSSR count). The number of Topliss-reactive ketones (excluding diaryl/α,β-unsaturated/α-hetero) is 1. The largest absolute Gasteiger partial charge is 0.302 e. The first-order valence-corrected chi connectivity index (χ1v) is 6.82. The Morgan fingerprint density at radius 3 is 2.60 bits per heavy atom. The third-order valence-corrected chi connectivity index (χ3v) is 3.27. The predicted octanol–water partition coefficient (Wildman–Crippen LogP) is 3.09. The van der Waals surface area contributed by atoms with E-state index in [0.717, 1.165) is 24.2 Å². The lowest BCUT2D eigenvalue weighted by atomic mass is 10.1. The smallest absolute Gasteiger partial charge is 0.164 e. The summed E-state index contributed by atoms with van der Waals surface area (Å²) in [4.78, 5) is 18.3. The molecule has 1 aromatic carbocycles. The summed E-state index contributed by atoms with van der Waals surface area (Å²) < 4.78 is 0. The fourth-order valence-corrected chi connectivity index (χ4v) is 2.06. The molecule has 0 aliphatic heterocycles. The van der Waals surface area contributed by atoms with Gasteiger partial charge < -0.3 is 4.90 Å². The van der Waals surface area contributed by atoms with Gasteiger partial charge in [-0.05, 0) is 25.6 Å². The van der Waals surface area contributed by atoms with Gasteiger partial charge in [0, 0.05) is 37.5 Å². The molecule has 1 heterocycles. The molecular weight excluding hydrogens is 248 g/mol. The number of rotatable bonds is 6. The normalized spacial score (nSPS) is 10.8. The van der Waals surface area contributed by atoms with Crippen molar-refractivity contribution >= 4 is 5.78 Å². The van der Waals surface area contributed by atoms with Crippen molar-refractivity contribution in [3.63, 3.8) is 0 Å². The van der Waals surface area contributed by atoms with Gasteiger partial charge in [-0.25, -0.2) is 0 Å². The van der Waals surface area contributed by atoms with Crippen LogP contribution in [0.25, 0.3) is 0 Å². The summed E-state index contributed by atoms with van der Waals surface area (Å²) in [5, 5.41) is 0. The monoisotopic (exact) mass is 268 g/mol. The number of ketones is 1. The van der Waals surface area contributed by atoms with Crippen LogP contribution in [0.1, 0.15) is 27.9 Å². The quantitative estimate of drug-likeness (QED) is 0.755. The van der Waals surface area contributed by atoms with E-state index in [4.69, 9.17) is 0 Å². The Labute approximate surface area is 120 Å². The van der Waals surface area contributed by atoms with E-state index in [1.807, 2.05) is 56.6 Å². The Morgan fingerprint density at radius 2 is 1.95 bits per heavy atom. The van der Waals surface area contributed by atoms with Gasteiger partial charge in [0.25, 0.3) is 0 Å². The number of hydrogen-bond donors (Lipinski definition) is 0. The van der Waals surface area contributed by atoms with Crippen molar-refractivity contribution < 1.29 is 4.79 Å². The van der Waals surface area contributed by atoms with E-state index >= 15 is 0 Å². The lowest BCUT2D eigenvalue weighted by Crippen LogP contribution is -2.21. The van der Waals surface area contributed by atoms with Crippen molar-refractivity contribution in [3.8, 4) is 0 Å². The summed E-state index contributed by atoms with van der Waals surface area (Å²) in [6.45, 7) is 3.59. The van der Waals surface area contributed by atoms with Gasteiger partial charge in [0.15, 0.2) is 5.78 Å². The first kappa shape index (κ1) is 14.4. The van der Waals surface area contributed by atoms with E-state index < -0.39 is 0 Å². The van der Waals surface area contributed by atoms with Crippen molar-refractivity contribution in [1.29, 1.82) is 0 Å². The van der Waals surface area contributed by atoms with Gasteiger partial charge in [0.05, 0.1) is 0 Å². The number of carbonyl (C=O) groups is 1. The minimum absolute atomic E-state index is 0.197. The molecule has 0 aliphatic rings. The zero-order valence-electron chi connectivity index (χ0n) is 12.0.